The van der Waals surface area contributed by atoms with Crippen LogP contribution in [0.2, 0.25) is 5.15 Å². The van der Waals surface area contributed by atoms with Crippen molar-refractivity contribution in [2.75, 3.05) is 37.7 Å². The van der Waals surface area contributed by atoms with E-state index >= 15 is 0 Å². The zero-order valence-electron chi connectivity index (χ0n) is 12.5. The fraction of sp³-hybridized carbons (Fsp3) is 0.500. The van der Waals surface area contributed by atoms with Gasteiger partial charge in [-0.05, 0) is 19.9 Å². The van der Waals surface area contributed by atoms with Crippen molar-refractivity contribution in [3.8, 4) is 0 Å². The Hall–Kier alpha value is -2.02. The maximum Gasteiger partial charge on any atom is 0.407 e. The fourth-order valence-electron chi connectivity index (χ4n) is 2.40. The van der Waals surface area contributed by atoms with Crippen molar-refractivity contribution >= 4 is 29.5 Å². The van der Waals surface area contributed by atoms with Crippen LogP contribution in [-0.2, 0) is 4.74 Å². The molecule has 22 heavy (non-hydrogen) atoms. The minimum Gasteiger partial charge on any atom is -0.465 e. The van der Waals surface area contributed by atoms with Gasteiger partial charge in [-0.15, -0.1) is 0 Å². The lowest BCUT2D eigenvalue weighted by Gasteiger charge is -2.34. The third kappa shape index (κ3) is 3.41. The van der Waals surface area contributed by atoms with Crippen LogP contribution in [-0.4, -0.2) is 59.8 Å². The van der Waals surface area contributed by atoms with Gasteiger partial charge in [-0.2, -0.15) is 0 Å². The summed E-state index contributed by atoms with van der Waals surface area (Å²) in [5.41, 5.74) is 1.07. The van der Waals surface area contributed by atoms with E-state index in [1.165, 1.54) is 11.0 Å². The molecule has 0 bridgehead atoms. The molecule has 0 saturated carbocycles. The van der Waals surface area contributed by atoms with Crippen LogP contribution in [0.15, 0.2) is 6.07 Å². The minimum absolute atomic E-state index is 0.212. The number of rotatable bonds is 3. The van der Waals surface area contributed by atoms with Gasteiger partial charge in [-0.1, -0.05) is 11.6 Å². The first-order chi connectivity index (χ1) is 10.4. The zero-order valence-corrected chi connectivity index (χ0v) is 13.3. The summed E-state index contributed by atoms with van der Waals surface area (Å²) >= 11 is 6.01. The maximum atomic E-state index is 12.0. The molecule has 2 heterocycles. The fourth-order valence-corrected chi connectivity index (χ4v) is 2.59. The molecule has 2 rings (SSSR count). The molecular weight excluding hydrogens is 310 g/mol. The normalized spacial score (nSPS) is 14.9. The lowest BCUT2D eigenvalue weighted by molar-refractivity contribution is 0.0525. The van der Waals surface area contributed by atoms with Gasteiger partial charge in [0, 0.05) is 31.7 Å². The zero-order chi connectivity index (χ0) is 16.3. The average Bonchev–Trinajstić information content (AvgIpc) is 2.49. The number of pyridine rings is 1. The average molecular weight is 328 g/mol. The summed E-state index contributed by atoms with van der Waals surface area (Å²) in [5.74, 6) is 0.162. The molecule has 1 N–H and O–H groups in total. The summed E-state index contributed by atoms with van der Waals surface area (Å²) in [7, 11) is 0. The highest BCUT2D eigenvalue weighted by atomic mass is 35.5. The molecule has 1 aliphatic heterocycles. The number of hydrogen-bond acceptors (Lipinski definition) is 5. The van der Waals surface area contributed by atoms with E-state index < -0.39 is 12.1 Å². The number of aromatic nitrogens is 1. The third-order valence-corrected chi connectivity index (χ3v) is 3.75. The molecule has 1 fully saturated rings. The van der Waals surface area contributed by atoms with E-state index in [1.807, 2.05) is 4.90 Å². The summed E-state index contributed by atoms with van der Waals surface area (Å²) in [5, 5.41) is 9.19. The summed E-state index contributed by atoms with van der Waals surface area (Å²) in [6, 6.07) is 1.49. The number of piperazine rings is 1. The molecule has 8 heteroatoms. The van der Waals surface area contributed by atoms with E-state index in [1.54, 1.807) is 13.8 Å². The molecule has 1 amide bonds. The number of nitrogens with zero attached hydrogens (tertiary/aromatic N) is 3. The molecule has 0 aliphatic carbocycles. The molecule has 0 spiro atoms. The Labute approximate surface area is 133 Å². The van der Waals surface area contributed by atoms with Crippen molar-refractivity contribution in [2.24, 2.45) is 0 Å². The molecule has 1 aromatic heterocycles. The van der Waals surface area contributed by atoms with Gasteiger partial charge in [0.1, 0.15) is 11.0 Å². The first kappa shape index (κ1) is 16.4. The van der Waals surface area contributed by atoms with Gasteiger partial charge in [0.05, 0.1) is 12.2 Å². The summed E-state index contributed by atoms with van der Waals surface area (Å²) in [6.07, 6.45) is -0.928. The molecule has 1 aromatic rings. The minimum atomic E-state index is -0.928. The van der Waals surface area contributed by atoms with Crippen LogP contribution in [0.25, 0.3) is 0 Å². The monoisotopic (exact) mass is 327 g/mol. The van der Waals surface area contributed by atoms with Gasteiger partial charge >= 0.3 is 12.1 Å². The van der Waals surface area contributed by atoms with Crippen LogP contribution >= 0.6 is 11.6 Å². The number of esters is 1. The number of carbonyl (C=O) groups is 2. The second-order valence-electron chi connectivity index (χ2n) is 4.92. The van der Waals surface area contributed by atoms with Crippen LogP contribution in [0, 0.1) is 6.92 Å². The van der Waals surface area contributed by atoms with Gasteiger partial charge in [-0.3, -0.25) is 0 Å². The highest BCUT2D eigenvalue weighted by molar-refractivity contribution is 6.30. The second kappa shape index (κ2) is 6.83. The standard InChI is InChI=1S/C14H18ClN3O4/c1-3-22-13(19)10-8-11(15)16-12(9(10)2)17-4-6-18(7-5-17)14(20)21/h8H,3-7H2,1-2H3,(H,20,21). The van der Waals surface area contributed by atoms with E-state index in [-0.39, 0.29) is 11.8 Å². The third-order valence-electron chi connectivity index (χ3n) is 3.56. The summed E-state index contributed by atoms with van der Waals surface area (Å²) in [6.45, 7) is 5.59. The van der Waals surface area contributed by atoms with Gasteiger partial charge in [0.2, 0.25) is 0 Å². The van der Waals surface area contributed by atoms with Crippen LogP contribution in [0.1, 0.15) is 22.8 Å². The molecule has 0 aromatic carbocycles. The van der Waals surface area contributed by atoms with Crippen LogP contribution < -0.4 is 4.90 Å². The Morgan fingerprint density at radius 1 is 1.36 bits per heavy atom. The van der Waals surface area contributed by atoms with Crippen molar-refractivity contribution in [1.82, 2.24) is 9.88 Å². The Kier molecular flexibility index (Phi) is 5.07. The molecule has 1 saturated heterocycles. The topological polar surface area (TPSA) is 83.0 Å². The van der Waals surface area contributed by atoms with Crippen LogP contribution in [0.5, 0.6) is 0 Å². The Balaban J connectivity index is 2.25. The van der Waals surface area contributed by atoms with Gasteiger partial charge in [0.25, 0.3) is 0 Å². The number of carboxylic acid groups (broad SMARTS) is 1. The Bertz CT molecular complexity index is 586. The van der Waals surface area contributed by atoms with Crippen molar-refractivity contribution in [2.45, 2.75) is 13.8 Å². The Morgan fingerprint density at radius 3 is 2.55 bits per heavy atom. The Morgan fingerprint density at radius 2 is 2.00 bits per heavy atom. The first-order valence-electron chi connectivity index (χ1n) is 7.01. The second-order valence-corrected chi connectivity index (χ2v) is 5.31. The molecule has 1 aliphatic rings. The predicted octanol–water partition coefficient (Wildman–Crippen LogP) is 2.02. The quantitative estimate of drug-likeness (QED) is 0.675. The van der Waals surface area contributed by atoms with Crippen molar-refractivity contribution in [1.29, 1.82) is 0 Å². The lowest BCUT2D eigenvalue weighted by Crippen LogP contribution is -2.48. The molecule has 0 atom stereocenters. The molecule has 0 unspecified atom stereocenters. The SMILES string of the molecule is CCOC(=O)c1cc(Cl)nc(N2CCN(C(=O)O)CC2)c1C. The smallest absolute Gasteiger partial charge is 0.407 e. The van der Waals surface area contributed by atoms with E-state index in [9.17, 15) is 9.59 Å². The lowest BCUT2D eigenvalue weighted by atomic mass is 10.1. The van der Waals surface area contributed by atoms with Gasteiger partial charge in [0.15, 0.2) is 0 Å². The van der Waals surface area contributed by atoms with E-state index in [4.69, 9.17) is 21.4 Å². The van der Waals surface area contributed by atoms with Crippen molar-refractivity contribution in [3.05, 3.63) is 22.3 Å². The summed E-state index contributed by atoms with van der Waals surface area (Å²) < 4.78 is 5.02. The number of halogens is 1. The number of carbonyl (C=O) groups excluding carboxylic acids is 1. The first-order valence-corrected chi connectivity index (χ1v) is 7.39. The molecule has 0 radical (unpaired) electrons. The van der Waals surface area contributed by atoms with Gasteiger partial charge < -0.3 is 19.6 Å². The van der Waals surface area contributed by atoms with E-state index in [0.717, 1.165) is 0 Å². The highest BCUT2D eigenvalue weighted by Gasteiger charge is 2.25. The largest absolute Gasteiger partial charge is 0.465 e. The van der Waals surface area contributed by atoms with E-state index in [2.05, 4.69) is 4.98 Å². The van der Waals surface area contributed by atoms with Crippen molar-refractivity contribution < 1.29 is 19.4 Å². The highest BCUT2D eigenvalue weighted by Crippen LogP contribution is 2.26. The number of amides is 1. The molecule has 7 nitrogen and oxygen atoms in total. The van der Waals surface area contributed by atoms with E-state index in [0.29, 0.717) is 43.1 Å². The van der Waals surface area contributed by atoms with Crippen molar-refractivity contribution in [3.63, 3.8) is 0 Å². The van der Waals surface area contributed by atoms with Crippen LogP contribution in [0.3, 0.4) is 0 Å². The maximum absolute atomic E-state index is 12.0. The summed E-state index contributed by atoms with van der Waals surface area (Å²) in [4.78, 5) is 30.5. The molecule has 120 valence electrons. The van der Waals surface area contributed by atoms with Gasteiger partial charge in [-0.25, -0.2) is 14.6 Å². The predicted molar refractivity (Wildman–Crippen MR) is 81.8 cm³/mol. The number of hydrogen-bond donors (Lipinski definition) is 1. The molecular formula is C14H18ClN3O4. The van der Waals surface area contributed by atoms with Crippen LogP contribution in [0.4, 0.5) is 10.6 Å². The number of anilines is 1. The number of ether oxygens (including phenoxy) is 1.